The lowest BCUT2D eigenvalue weighted by Crippen LogP contribution is -2.13. The molecule has 0 bridgehead atoms. The summed E-state index contributed by atoms with van der Waals surface area (Å²) >= 11 is 1.17. The fourth-order valence-electron chi connectivity index (χ4n) is 1.62. The Bertz CT molecular complexity index is 737. The van der Waals surface area contributed by atoms with Gasteiger partial charge in [-0.05, 0) is 30.5 Å². The van der Waals surface area contributed by atoms with E-state index in [1.807, 2.05) is 6.07 Å². The van der Waals surface area contributed by atoms with Crippen LogP contribution < -0.4 is 0 Å². The fraction of sp³-hybridized carbons (Fsp3) is 0.125. The summed E-state index contributed by atoms with van der Waals surface area (Å²) in [6, 6.07) is 11.9. The van der Waals surface area contributed by atoms with Crippen molar-refractivity contribution in [1.29, 1.82) is 0 Å². The fourth-order valence-corrected chi connectivity index (χ4v) is 2.29. The molecule has 0 atom stereocenters. The molecule has 0 fully saturated rings. The monoisotopic (exact) mass is 330 g/mol. The number of aliphatic hydroxyl groups excluding tert-OH is 1. The van der Waals surface area contributed by atoms with Crippen molar-refractivity contribution in [2.45, 2.75) is 6.92 Å². The highest BCUT2D eigenvalue weighted by Crippen LogP contribution is 2.20. The van der Waals surface area contributed by atoms with Gasteiger partial charge in [0, 0.05) is 0 Å². The first-order valence-corrected chi connectivity index (χ1v) is 7.66. The van der Waals surface area contributed by atoms with Gasteiger partial charge in [0.15, 0.2) is 5.70 Å². The molecule has 2 rings (SSSR count). The van der Waals surface area contributed by atoms with E-state index in [0.29, 0.717) is 10.6 Å². The van der Waals surface area contributed by atoms with Crippen molar-refractivity contribution in [3.05, 3.63) is 64.2 Å². The number of aliphatic hydroxyl groups is 1. The summed E-state index contributed by atoms with van der Waals surface area (Å²) in [6.07, 6.45) is 0. The molecule has 118 valence electrons. The Morgan fingerprint density at radius 3 is 2.52 bits per heavy atom. The summed E-state index contributed by atoms with van der Waals surface area (Å²) in [4.78, 5) is 24.4. The van der Waals surface area contributed by atoms with E-state index in [4.69, 9.17) is 4.74 Å². The molecule has 0 radical (unpaired) electrons. The van der Waals surface area contributed by atoms with E-state index in [0.717, 1.165) is 0 Å². The van der Waals surface area contributed by atoms with Gasteiger partial charge in [-0.25, -0.2) is 4.79 Å². The molecule has 1 aromatic heterocycles. The molecule has 0 aliphatic rings. The zero-order valence-electron chi connectivity index (χ0n) is 12.3. The average Bonchev–Trinajstić information content (AvgIpc) is 3.10. The van der Waals surface area contributed by atoms with Crippen molar-refractivity contribution in [2.24, 2.45) is 10.2 Å². The lowest BCUT2D eigenvalue weighted by molar-refractivity contribution is -0.141. The minimum atomic E-state index is -1.01. The number of thiophene rings is 1. The molecule has 1 aromatic carbocycles. The number of ether oxygens (including phenoxy) is 1. The summed E-state index contributed by atoms with van der Waals surface area (Å²) in [7, 11) is 0. The van der Waals surface area contributed by atoms with Crippen molar-refractivity contribution >= 4 is 28.8 Å². The molecule has 7 heteroatoms. The normalized spacial score (nSPS) is 12.0. The summed E-state index contributed by atoms with van der Waals surface area (Å²) < 4.78 is 4.71. The zero-order valence-corrected chi connectivity index (χ0v) is 13.1. The van der Waals surface area contributed by atoms with Crippen LogP contribution in [0.2, 0.25) is 0 Å². The predicted octanol–water partition coefficient (Wildman–Crippen LogP) is 4.05. The highest BCUT2D eigenvalue weighted by atomic mass is 32.1. The molecule has 0 aliphatic heterocycles. The number of carbonyl (C=O) groups excluding carboxylic acids is 2. The van der Waals surface area contributed by atoms with Crippen LogP contribution in [0, 0.1) is 0 Å². The predicted molar refractivity (Wildman–Crippen MR) is 85.9 cm³/mol. The van der Waals surface area contributed by atoms with Crippen LogP contribution in [-0.4, -0.2) is 23.5 Å². The Kier molecular flexibility index (Phi) is 5.76. The van der Waals surface area contributed by atoms with Crippen LogP contribution in [0.25, 0.3) is 0 Å². The molecular weight excluding hydrogens is 316 g/mol. The number of carbonyl (C=O) groups is 2. The van der Waals surface area contributed by atoms with Crippen LogP contribution >= 0.6 is 11.3 Å². The molecule has 1 N–H and O–H groups in total. The second-order valence-corrected chi connectivity index (χ2v) is 5.21. The van der Waals surface area contributed by atoms with Gasteiger partial charge in [0.2, 0.25) is 11.5 Å². The van der Waals surface area contributed by atoms with Gasteiger partial charge in [-0.3, -0.25) is 4.79 Å². The standard InChI is InChI=1S/C16H14N2O4S/c1-2-22-16(21)15(20)13(14(19)12-9-6-10-23-12)18-17-11-7-4-3-5-8-11/h3-10,20H,2H2,1H3. The maximum Gasteiger partial charge on any atom is 0.375 e. The van der Waals surface area contributed by atoms with E-state index in [-0.39, 0.29) is 6.61 Å². The Morgan fingerprint density at radius 1 is 1.17 bits per heavy atom. The highest BCUT2D eigenvalue weighted by Gasteiger charge is 2.24. The van der Waals surface area contributed by atoms with E-state index >= 15 is 0 Å². The quantitative estimate of drug-likeness (QED) is 0.284. The van der Waals surface area contributed by atoms with Gasteiger partial charge in [0.1, 0.15) is 0 Å². The third kappa shape index (κ3) is 4.33. The van der Waals surface area contributed by atoms with Crippen LogP contribution in [0.4, 0.5) is 5.69 Å². The Morgan fingerprint density at radius 2 is 1.91 bits per heavy atom. The molecule has 0 spiro atoms. The molecule has 1 heterocycles. The lowest BCUT2D eigenvalue weighted by Gasteiger charge is -2.04. The van der Waals surface area contributed by atoms with Gasteiger partial charge in [0.05, 0.1) is 17.2 Å². The molecule has 0 unspecified atom stereocenters. The number of rotatable bonds is 6. The minimum Gasteiger partial charge on any atom is -0.500 e. The minimum absolute atomic E-state index is 0.0686. The first-order valence-electron chi connectivity index (χ1n) is 6.78. The molecular formula is C16H14N2O4S. The van der Waals surface area contributed by atoms with Crippen molar-refractivity contribution < 1.29 is 19.4 Å². The summed E-state index contributed by atoms with van der Waals surface area (Å²) in [6.45, 7) is 1.66. The first kappa shape index (κ1) is 16.6. The first-order chi connectivity index (χ1) is 11.1. The van der Waals surface area contributed by atoms with Gasteiger partial charge >= 0.3 is 5.97 Å². The Hall–Kier alpha value is -2.80. The smallest absolute Gasteiger partial charge is 0.375 e. The number of ketones is 1. The van der Waals surface area contributed by atoms with Gasteiger partial charge in [-0.1, -0.05) is 24.3 Å². The average molecular weight is 330 g/mol. The van der Waals surface area contributed by atoms with Crippen molar-refractivity contribution in [1.82, 2.24) is 0 Å². The van der Waals surface area contributed by atoms with E-state index in [2.05, 4.69) is 10.2 Å². The number of azo groups is 1. The Labute approximate surface area is 136 Å². The second kappa shape index (κ2) is 8.00. The van der Waals surface area contributed by atoms with E-state index in [1.54, 1.807) is 48.7 Å². The van der Waals surface area contributed by atoms with Crippen molar-refractivity contribution in [3.8, 4) is 0 Å². The number of hydrogen-bond acceptors (Lipinski definition) is 7. The van der Waals surface area contributed by atoms with Gasteiger partial charge in [-0.15, -0.1) is 16.5 Å². The topological polar surface area (TPSA) is 88.3 Å². The molecule has 0 saturated heterocycles. The molecule has 0 saturated carbocycles. The summed E-state index contributed by atoms with van der Waals surface area (Å²) in [5.74, 6) is -2.46. The third-order valence-corrected chi connectivity index (χ3v) is 3.54. The maximum atomic E-state index is 12.4. The number of esters is 1. The van der Waals surface area contributed by atoms with Crippen LogP contribution in [-0.2, 0) is 9.53 Å². The third-order valence-electron chi connectivity index (χ3n) is 2.67. The largest absolute Gasteiger partial charge is 0.500 e. The SMILES string of the molecule is CCOC(=O)C(O)=C(N=Nc1ccccc1)C(=O)c1cccs1. The zero-order chi connectivity index (χ0) is 16.7. The van der Waals surface area contributed by atoms with Gasteiger partial charge in [-0.2, -0.15) is 5.11 Å². The van der Waals surface area contributed by atoms with Crippen LogP contribution in [0.5, 0.6) is 0 Å². The highest BCUT2D eigenvalue weighted by molar-refractivity contribution is 7.12. The Balaban J connectivity index is 2.39. The van der Waals surface area contributed by atoms with Crippen molar-refractivity contribution in [3.63, 3.8) is 0 Å². The van der Waals surface area contributed by atoms with Gasteiger partial charge < -0.3 is 9.84 Å². The van der Waals surface area contributed by atoms with Crippen LogP contribution in [0.1, 0.15) is 16.6 Å². The number of Topliss-reactive ketones (excluding diaryl/α,β-unsaturated/α-hetero) is 1. The number of allylic oxidation sites excluding steroid dienone is 1. The van der Waals surface area contributed by atoms with Gasteiger partial charge in [0.25, 0.3) is 0 Å². The number of nitrogens with zero attached hydrogens (tertiary/aromatic N) is 2. The van der Waals surface area contributed by atoms with E-state index < -0.39 is 23.2 Å². The molecule has 0 amide bonds. The van der Waals surface area contributed by atoms with E-state index in [9.17, 15) is 14.7 Å². The maximum absolute atomic E-state index is 12.4. The molecule has 6 nitrogen and oxygen atoms in total. The summed E-state index contributed by atoms with van der Waals surface area (Å²) in [5.41, 5.74) is 0.0374. The number of hydrogen-bond donors (Lipinski definition) is 1. The van der Waals surface area contributed by atoms with Crippen LogP contribution in [0.3, 0.4) is 0 Å². The molecule has 2 aromatic rings. The van der Waals surface area contributed by atoms with E-state index in [1.165, 1.54) is 11.3 Å². The number of benzene rings is 1. The molecule has 0 aliphatic carbocycles. The lowest BCUT2D eigenvalue weighted by atomic mass is 10.2. The second-order valence-electron chi connectivity index (χ2n) is 4.26. The van der Waals surface area contributed by atoms with Crippen molar-refractivity contribution in [2.75, 3.05) is 6.61 Å². The van der Waals surface area contributed by atoms with Crippen LogP contribution in [0.15, 0.2) is 69.5 Å². The molecule has 23 heavy (non-hydrogen) atoms. The summed E-state index contributed by atoms with van der Waals surface area (Å²) in [5, 5.41) is 19.3.